The van der Waals surface area contributed by atoms with Gasteiger partial charge in [-0.25, -0.2) is 0 Å². The molecule has 0 bridgehead atoms. The molecule has 6 N–H and O–H groups in total. The number of ketones is 3. The lowest BCUT2D eigenvalue weighted by Gasteiger charge is -2.53. The second-order valence-electron chi connectivity index (χ2n) is 11.5. The fraction of sp³-hybridized carbons (Fsp3) is 0.571. The van der Waals surface area contributed by atoms with E-state index in [1.54, 1.807) is 19.0 Å². The highest BCUT2D eigenvalue weighted by Crippen LogP contribution is 2.52. The quantitative estimate of drug-likeness (QED) is 0.250. The minimum absolute atomic E-state index is 0.00755. The number of hydrogen-bond donors (Lipinski definition) is 5. The van der Waals surface area contributed by atoms with E-state index in [0.29, 0.717) is 11.1 Å². The third kappa shape index (κ3) is 4.10. The largest absolute Gasteiger partial charge is 0.508 e. The highest BCUT2D eigenvalue weighted by atomic mass is 16.3. The zero-order valence-corrected chi connectivity index (χ0v) is 22.1. The van der Waals surface area contributed by atoms with Crippen LogP contribution < -0.4 is 5.73 Å². The number of aromatic hydroxyl groups is 1. The molecule has 1 aliphatic heterocycles. The molecule has 210 valence electrons. The number of Topliss-reactive ketones (excluding diaryl/α,β-unsaturated/α-hetero) is 3. The molecule has 1 aromatic carbocycles. The summed E-state index contributed by atoms with van der Waals surface area (Å²) >= 11 is 0. The van der Waals surface area contributed by atoms with E-state index in [0.717, 1.165) is 32.4 Å². The molecule has 1 heterocycles. The van der Waals surface area contributed by atoms with Gasteiger partial charge in [0.05, 0.1) is 18.2 Å². The molecule has 4 aliphatic rings. The summed E-state index contributed by atoms with van der Waals surface area (Å²) in [6, 6.07) is 1.83. The Morgan fingerprint density at radius 2 is 1.79 bits per heavy atom. The molecule has 1 amide bonds. The number of primary amides is 1. The highest BCUT2D eigenvalue weighted by molar-refractivity contribution is 6.17. The van der Waals surface area contributed by atoms with Crippen LogP contribution in [-0.4, -0.2) is 105 Å². The lowest BCUT2D eigenvalue weighted by atomic mass is 9.56. The fourth-order valence-electron chi connectivity index (χ4n) is 7.27. The molecule has 0 aromatic heterocycles. The van der Waals surface area contributed by atoms with Crippen molar-refractivity contribution in [1.29, 1.82) is 0 Å². The van der Waals surface area contributed by atoms with Crippen molar-refractivity contribution in [2.45, 2.75) is 49.9 Å². The minimum atomic E-state index is -2.63. The number of rotatable bonds is 5. The van der Waals surface area contributed by atoms with Crippen molar-refractivity contribution in [3.05, 3.63) is 40.2 Å². The molecule has 1 saturated carbocycles. The standard InChI is InChI=1S/C28H35N3O8/c1-30(2)22-16-11-13-10-15-14(18(33)12-31-8-4-3-5-9-31)6-7-17(32)20(15)23(34)19(13)25(36)28(16,39)26(37)21(24(22)35)27(29)38/h6-7,13,16,21-22,24,32,35-36,39H,3-5,8-12H2,1-2H3,(H2,29,38)/t13-,16-,21?,22-,24?,28-/m0/s1. The van der Waals surface area contributed by atoms with Crippen LogP contribution in [0.5, 0.6) is 5.75 Å². The van der Waals surface area contributed by atoms with Crippen LogP contribution in [0.15, 0.2) is 23.5 Å². The van der Waals surface area contributed by atoms with Crippen LogP contribution in [0.2, 0.25) is 0 Å². The third-order valence-electron chi connectivity index (χ3n) is 9.09. The molecule has 2 fully saturated rings. The number of nitrogens with two attached hydrogens (primary N) is 1. The molecular weight excluding hydrogens is 506 g/mol. The second-order valence-corrected chi connectivity index (χ2v) is 11.5. The number of carbonyl (C=O) groups excluding carboxylic acids is 4. The predicted molar refractivity (Wildman–Crippen MR) is 138 cm³/mol. The molecule has 11 nitrogen and oxygen atoms in total. The molecule has 0 spiro atoms. The second kappa shape index (κ2) is 9.81. The summed E-state index contributed by atoms with van der Waals surface area (Å²) in [5.74, 6) is -8.11. The number of carbonyl (C=O) groups is 4. The number of likely N-dealkylation sites (tertiary alicyclic amines) is 1. The maximum Gasteiger partial charge on any atom is 0.230 e. The van der Waals surface area contributed by atoms with E-state index in [9.17, 15) is 39.6 Å². The SMILES string of the molecule is CN(C)[C@@H]1C(O)C(C(N)=O)C(=O)[C@@]2(O)C(O)=C3C(=O)c4c(O)ccc(C(=O)CN5CCCCC5)c4C[C@H]3C[C@@H]12. The molecule has 1 aromatic rings. The molecule has 1 saturated heterocycles. The topological polar surface area (TPSA) is 182 Å². The number of benzene rings is 1. The van der Waals surface area contributed by atoms with Gasteiger partial charge in [0.15, 0.2) is 23.0 Å². The maximum absolute atomic E-state index is 13.8. The van der Waals surface area contributed by atoms with Crippen molar-refractivity contribution < 1.29 is 39.6 Å². The first-order chi connectivity index (χ1) is 18.4. The average Bonchev–Trinajstić information content (AvgIpc) is 2.86. The first-order valence-electron chi connectivity index (χ1n) is 13.4. The number of phenolic OH excluding ortho intramolecular Hbond substituents is 1. The number of aliphatic hydroxyl groups excluding tert-OH is 2. The lowest BCUT2D eigenvalue weighted by molar-refractivity contribution is -0.178. The van der Waals surface area contributed by atoms with Crippen molar-refractivity contribution in [2.75, 3.05) is 33.7 Å². The molecule has 0 radical (unpaired) electrons. The Labute approximate surface area is 225 Å². The van der Waals surface area contributed by atoms with E-state index in [1.165, 1.54) is 12.1 Å². The number of amides is 1. The Morgan fingerprint density at radius 3 is 2.41 bits per heavy atom. The Morgan fingerprint density at radius 1 is 1.13 bits per heavy atom. The van der Waals surface area contributed by atoms with Gasteiger partial charge >= 0.3 is 0 Å². The Bertz CT molecular complexity index is 1280. The van der Waals surface area contributed by atoms with Crippen LogP contribution >= 0.6 is 0 Å². The number of piperidine rings is 1. The molecule has 39 heavy (non-hydrogen) atoms. The van der Waals surface area contributed by atoms with E-state index in [2.05, 4.69) is 4.90 Å². The Hall–Kier alpha value is -3.12. The zero-order valence-electron chi connectivity index (χ0n) is 22.1. The van der Waals surface area contributed by atoms with Gasteiger partial charge in [0.1, 0.15) is 17.4 Å². The predicted octanol–water partition coefficient (Wildman–Crippen LogP) is -0.0458. The van der Waals surface area contributed by atoms with Crippen molar-refractivity contribution in [3.63, 3.8) is 0 Å². The summed E-state index contributed by atoms with van der Waals surface area (Å²) in [7, 11) is 3.21. The highest BCUT2D eigenvalue weighted by Gasteiger charge is 2.66. The first-order valence-corrected chi connectivity index (χ1v) is 13.4. The number of hydrogen-bond acceptors (Lipinski definition) is 10. The van der Waals surface area contributed by atoms with Gasteiger partial charge in [-0.3, -0.25) is 24.1 Å². The first kappa shape index (κ1) is 27.4. The van der Waals surface area contributed by atoms with Crippen molar-refractivity contribution >= 4 is 23.3 Å². The van der Waals surface area contributed by atoms with Crippen LogP contribution in [-0.2, 0) is 16.0 Å². The molecule has 6 atom stereocenters. The van der Waals surface area contributed by atoms with E-state index in [1.807, 2.05) is 0 Å². The van der Waals surface area contributed by atoms with Crippen LogP contribution in [0.25, 0.3) is 0 Å². The van der Waals surface area contributed by atoms with Crippen LogP contribution in [0.1, 0.15) is 52.0 Å². The van der Waals surface area contributed by atoms with Crippen LogP contribution in [0.4, 0.5) is 0 Å². The van der Waals surface area contributed by atoms with Gasteiger partial charge in [0, 0.05) is 23.1 Å². The number of nitrogens with zero attached hydrogens (tertiary/aromatic N) is 2. The van der Waals surface area contributed by atoms with Gasteiger partial charge in [-0.15, -0.1) is 0 Å². The molecule has 2 unspecified atom stereocenters. The molecule has 3 aliphatic carbocycles. The van der Waals surface area contributed by atoms with Gasteiger partial charge in [0.25, 0.3) is 0 Å². The van der Waals surface area contributed by atoms with Crippen LogP contribution in [0, 0.1) is 17.8 Å². The summed E-state index contributed by atoms with van der Waals surface area (Å²) in [6.07, 6.45) is 1.70. The van der Waals surface area contributed by atoms with Crippen LogP contribution in [0.3, 0.4) is 0 Å². The van der Waals surface area contributed by atoms with Crippen molar-refractivity contribution in [2.24, 2.45) is 23.5 Å². The number of phenols is 1. The van der Waals surface area contributed by atoms with Crippen molar-refractivity contribution in [3.8, 4) is 5.75 Å². The summed E-state index contributed by atoms with van der Waals surface area (Å²) in [5.41, 5.74) is 3.09. The molecule has 5 rings (SSSR count). The van der Waals surface area contributed by atoms with Gasteiger partial charge in [-0.2, -0.15) is 0 Å². The maximum atomic E-state index is 13.8. The Balaban J connectivity index is 1.60. The number of fused-ring (bicyclic) bond motifs is 3. The Kier molecular flexibility index (Phi) is 6.91. The van der Waals surface area contributed by atoms with Gasteiger partial charge in [0.2, 0.25) is 5.91 Å². The van der Waals surface area contributed by atoms with E-state index < -0.39 is 58.7 Å². The minimum Gasteiger partial charge on any atom is -0.508 e. The van der Waals surface area contributed by atoms with Gasteiger partial charge in [-0.1, -0.05) is 6.42 Å². The monoisotopic (exact) mass is 541 g/mol. The fourth-order valence-corrected chi connectivity index (χ4v) is 7.27. The summed E-state index contributed by atoms with van der Waals surface area (Å²) in [6.45, 7) is 1.80. The van der Waals surface area contributed by atoms with Gasteiger partial charge in [-0.05, 0) is 76.5 Å². The normalized spacial score (nSPS) is 33.0. The summed E-state index contributed by atoms with van der Waals surface area (Å²) in [4.78, 5) is 56.3. The van der Waals surface area contributed by atoms with E-state index >= 15 is 0 Å². The third-order valence-corrected chi connectivity index (χ3v) is 9.09. The lowest BCUT2D eigenvalue weighted by Crippen LogP contribution is -2.71. The number of allylic oxidation sites excluding steroid dienone is 1. The summed E-state index contributed by atoms with van der Waals surface area (Å²) in [5, 5.41) is 44.7. The average molecular weight is 542 g/mol. The van der Waals surface area contributed by atoms with E-state index in [-0.39, 0.29) is 42.1 Å². The number of likely N-dealkylation sites (N-methyl/N-ethyl adjacent to an activating group) is 1. The smallest absolute Gasteiger partial charge is 0.230 e. The van der Waals surface area contributed by atoms with Gasteiger partial charge < -0.3 is 31.1 Å². The summed E-state index contributed by atoms with van der Waals surface area (Å²) < 4.78 is 0. The number of aliphatic hydroxyl groups is 3. The zero-order chi connectivity index (χ0) is 28.4. The molecule has 11 heteroatoms. The van der Waals surface area contributed by atoms with Crippen molar-refractivity contribution in [1.82, 2.24) is 9.80 Å². The van der Waals surface area contributed by atoms with E-state index in [4.69, 9.17) is 5.73 Å². The molecular formula is C28H35N3O8.